The zero-order valence-electron chi connectivity index (χ0n) is 14.7. The van der Waals surface area contributed by atoms with Crippen molar-refractivity contribution >= 4 is 5.97 Å². The van der Waals surface area contributed by atoms with Gasteiger partial charge in [-0.3, -0.25) is 4.79 Å². The van der Waals surface area contributed by atoms with Crippen LogP contribution in [0.25, 0.3) is 0 Å². The van der Waals surface area contributed by atoms with E-state index < -0.39 is 0 Å². The quantitative estimate of drug-likeness (QED) is 0.785. The summed E-state index contributed by atoms with van der Waals surface area (Å²) >= 11 is 0. The van der Waals surface area contributed by atoms with Gasteiger partial charge in [-0.15, -0.1) is 0 Å². The Morgan fingerprint density at radius 3 is 2.68 bits per heavy atom. The first-order valence-electron chi connectivity index (χ1n) is 8.59. The van der Waals surface area contributed by atoms with Crippen LogP contribution in [0.3, 0.4) is 0 Å². The van der Waals surface area contributed by atoms with E-state index in [1.165, 1.54) is 5.56 Å². The summed E-state index contributed by atoms with van der Waals surface area (Å²) in [6.45, 7) is 5.31. The Morgan fingerprint density at radius 1 is 1.16 bits per heavy atom. The Morgan fingerprint density at radius 2 is 1.92 bits per heavy atom. The number of ether oxygens (including phenoxy) is 3. The average Bonchev–Trinajstić information content (AvgIpc) is 3.07. The maximum Gasteiger partial charge on any atom is 0.312 e. The summed E-state index contributed by atoms with van der Waals surface area (Å²) in [5.74, 6) is 1.39. The summed E-state index contributed by atoms with van der Waals surface area (Å²) in [6.07, 6.45) is 0.349. The molecule has 0 unspecified atom stereocenters. The predicted molar refractivity (Wildman–Crippen MR) is 93.4 cm³/mol. The molecule has 0 saturated heterocycles. The fourth-order valence-corrected chi connectivity index (χ4v) is 2.90. The molecule has 0 aliphatic carbocycles. The molecular weight excluding hydrogens is 318 g/mol. The van der Waals surface area contributed by atoms with Crippen LogP contribution in [0.5, 0.6) is 11.5 Å². The van der Waals surface area contributed by atoms with Crippen LogP contribution in [0.2, 0.25) is 0 Å². The van der Waals surface area contributed by atoms with Crippen LogP contribution < -0.4 is 14.8 Å². The monoisotopic (exact) mass is 342 g/mol. The third-order valence-electron chi connectivity index (χ3n) is 4.27. The largest absolute Gasteiger partial charge is 0.466 e. The maximum atomic E-state index is 12.0. The standard InChI is InChI=1S/C20H23NO4/c1-3-23-20(22)11-17(16-7-4-14(2)5-8-16)21-12-15-6-9-18-19(10-15)25-13-24-18/h4-10,17,21H,3,11-13H2,1-2H3/p+1/t17-/m0/s1. The molecule has 0 bridgehead atoms. The number of fused-ring (bicyclic) bond motifs is 1. The van der Waals surface area contributed by atoms with E-state index in [1.807, 2.05) is 25.1 Å². The normalized spacial score (nSPS) is 13.5. The molecular formula is C20H24NO4+. The number of benzene rings is 2. The van der Waals surface area contributed by atoms with Crippen molar-refractivity contribution in [2.24, 2.45) is 0 Å². The van der Waals surface area contributed by atoms with Gasteiger partial charge in [-0.25, -0.2) is 0 Å². The molecule has 0 spiro atoms. The van der Waals surface area contributed by atoms with Crippen LogP contribution in [0.4, 0.5) is 0 Å². The number of aryl methyl sites for hydroxylation is 1. The van der Waals surface area contributed by atoms with Crippen molar-refractivity contribution in [1.82, 2.24) is 0 Å². The lowest BCUT2D eigenvalue weighted by Crippen LogP contribution is -2.84. The number of carbonyl (C=O) groups excluding carboxylic acids is 1. The molecule has 1 aliphatic rings. The summed E-state index contributed by atoms with van der Waals surface area (Å²) in [6, 6.07) is 14.3. The van der Waals surface area contributed by atoms with Crippen molar-refractivity contribution in [3.05, 3.63) is 59.2 Å². The molecule has 2 aromatic rings. The van der Waals surface area contributed by atoms with E-state index in [9.17, 15) is 4.79 Å². The minimum absolute atomic E-state index is 0.0186. The van der Waals surface area contributed by atoms with Gasteiger partial charge in [-0.05, 0) is 32.0 Å². The van der Waals surface area contributed by atoms with Crippen LogP contribution >= 0.6 is 0 Å². The van der Waals surface area contributed by atoms with E-state index in [1.54, 1.807) is 0 Å². The van der Waals surface area contributed by atoms with Crippen molar-refractivity contribution in [2.45, 2.75) is 32.9 Å². The Kier molecular flexibility index (Phi) is 5.56. The van der Waals surface area contributed by atoms with Crippen molar-refractivity contribution in [2.75, 3.05) is 13.4 Å². The first-order valence-corrected chi connectivity index (χ1v) is 8.59. The zero-order valence-corrected chi connectivity index (χ0v) is 14.7. The third-order valence-corrected chi connectivity index (χ3v) is 4.27. The molecule has 0 fully saturated rings. The van der Waals surface area contributed by atoms with Gasteiger partial charge in [0.2, 0.25) is 6.79 Å². The van der Waals surface area contributed by atoms with E-state index in [-0.39, 0.29) is 18.8 Å². The zero-order chi connectivity index (χ0) is 17.6. The molecule has 2 aromatic carbocycles. The van der Waals surface area contributed by atoms with Crippen molar-refractivity contribution in [1.29, 1.82) is 0 Å². The van der Waals surface area contributed by atoms with Crippen molar-refractivity contribution in [3.8, 4) is 11.5 Å². The highest BCUT2D eigenvalue weighted by Gasteiger charge is 2.21. The molecule has 5 nitrogen and oxygen atoms in total. The lowest BCUT2D eigenvalue weighted by molar-refractivity contribution is -0.710. The second-order valence-corrected chi connectivity index (χ2v) is 6.15. The smallest absolute Gasteiger partial charge is 0.312 e. The second kappa shape index (κ2) is 8.03. The molecule has 132 valence electrons. The highest BCUT2D eigenvalue weighted by molar-refractivity contribution is 5.70. The highest BCUT2D eigenvalue weighted by Crippen LogP contribution is 2.32. The lowest BCUT2D eigenvalue weighted by atomic mass is 10.0. The Hall–Kier alpha value is -2.53. The van der Waals surface area contributed by atoms with E-state index in [4.69, 9.17) is 14.2 Å². The molecule has 0 aromatic heterocycles. The van der Waals surface area contributed by atoms with Gasteiger partial charge in [-0.2, -0.15) is 0 Å². The summed E-state index contributed by atoms with van der Waals surface area (Å²) in [7, 11) is 0. The second-order valence-electron chi connectivity index (χ2n) is 6.15. The van der Waals surface area contributed by atoms with Gasteiger partial charge >= 0.3 is 5.97 Å². The highest BCUT2D eigenvalue weighted by atomic mass is 16.7. The minimum atomic E-state index is -0.171. The predicted octanol–water partition coefficient (Wildman–Crippen LogP) is 2.48. The fourth-order valence-electron chi connectivity index (χ4n) is 2.90. The molecule has 3 rings (SSSR count). The summed E-state index contributed by atoms with van der Waals surface area (Å²) in [5.41, 5.74) is 3.46. The molecule has 1 atom stereocenters. The molecule has 5 heteroatoms. The number of esters is 1. The van der Waals surface area contributed by atoms with Crippen LogP contribution in [-0.4, -0.2) is 19.4 Å². The minimum Gasteiger partial charge on any atom is -0.466 e. The number of rotatable bonds is 7. The number of nitrogens with two attached hydrogens (primary N) is 1. The maximum absolute atomic E-state index is 12.0. The molecule has 25 heavy (non-hydrogen) atoms. The summed E-state index contributed by atoms with van der Waals surface area (Å²) in [5, 5.41) is 2.17. The molecule has 0 radical (unpaired) electrons. The molecule has 2 N–H and O–H groups in total. The van der Waals surface area contributed by atoms with E-state index >= 15 is 0 Å². The van der Waals surface area contributed by atoms with Gasteiger partial charge in [-0.1, -0.05) is 29.8 Å². The summed E-state index contributed by atoms with van der Waals surface area (Å²) < 4.78 is 15.9. The SMILES string of the molecule is CCOC(=O)C[C@H]([NH2+]Cc1ccc2c(c1)OCO2)c1ccc(C)cc1. The van der Waals surface area contributed by atoms with E-state index in [0.29, 0.717) is 13.0 Å². The van der Waals surface area contributed by atoms with Crippen LogP contribution in [0.1, 0.15) is 36.1 Å². The number of quaternary nitrogens is 1. The van der Waals surface area contributed by atoms with Gasteiger partial charge in [0, 0.05) is 11.1 Å². The van der Waals surface area contributed by atoms with Crippen molar-refractivity contribution in [3.63, 3.8) is 0 Å². The van der Waals surface area contributed by atoms with Gasteiger partial charge < -0.3 is 19.5 Å². The fraction of sp³-hybridized carbons (Fsp3) is 0.350. The van der Waals surface area contributed by atoms with Crippen LogP contribution in [-0.2, 0) is 16.1 Å². The first-order chi connectivity index (χ1) is 12.2. The third kappa shape index (κ3) is 4.51. The molecule has 0 saturated carbocycles. The van der Waals surface area contributed by atoms with Gasteiger partial charge in [0.15, 0.2) is 11.5 Å². The van der Waals surface area contributed by atoms with E-state index in [2.05, 4.69) is 36.5 Å². The lowest BCUT2D eigenvalue weighted by Gasteiger charge is -2.16. The van der Waals surface area contributed by atoms with Crippen molar-refractivity contribution < 1.29 is 24.3 Å². The van der Waals surface area contributed by atoms with Crippen LogP contribution in [0, 0.1) is 6.92 Å². The molecule has 1 aliphatic heterocycles. The Bertz CT molecular complexity index is 727. The molecule has 1 heterocycles. The molecule has 0 amide bonds. The Labute approximate surface area is 147 Å². The van der Waals surface area contributed by atoms with Crippen LogP contribution in [0.15, 0.2) is 42.5 Å². The van der Waals surface area contributed by atoms with Gasteiger partial charge in [0.1, 0.15) is 19.0 Å². The Balaban J connectivity index is 1.70. The van der Waals surface area contributed by atoms with E-state index in [0.717, 1.165) is 29.2 Å². The topological polar surface area (TPSA) is 61.4 Å². The number of carbonyl (C=O) groups is 1. The summed E-state index contributed by atoms with van der Waals surface area (Å²) in [4.78, 5) is 12.0. The number of hydrogen-bond donors (Lipinski definition) is 1. The van der Waals surface area contributed by atoms with Gasteiger partial charge in [0.25, 0.3) is 0 Å². The first kappa shape index (κ1) is 17.3. The van der Waals surface area contributed by atoms with Gasteiger partial charge in [0.05, 0.1) is 6.61 Å². The number of hydrogen-bond acceptors (Lipinski definition) is 4. The average molecular weight is 342 g/mol.